The van der Waals surface area contributed by atoms with E-state index in [9.17, 15) is 4.79 Å². The molecule has 0 amide bonds. The van der Waals surface area contributed by atoms with Crippen LogP contribution in [0, 0.1) is 17.4 Å². The van der Waals surface area contributed by atoms with Crippen molar-refractivity contribution in [2.45, 2.75) is 39.9 Å². The zero-order valence-corrected chi connectivity index (χ0v) is 15.9. The fourth-order valence-electron chi connectivity index (χ4n) is 1.97. The predicted molar refractivity (Wildman–Crippen MR) is 96.0 cm³/mol. The van der Waals surface area contributed by atoms with Gasteiger partial charge in [-0.3, -0.25) is 0 Å². The highest BCUT2D eigenvalue weighted by molar-refractivity contribution is 6.83. The molecule has 0 aliphatic carbocycles. The third-order valence-electron chi connectivity index (χ3n) is 2.99. The Labute approximate surface area is 139 Å². The average molecular weight is 338 g/mol. The SMILES string of the molecule is COC(=O)c1cc(CC(C)C)c(N)c(C#C[Si](C)(C)C)c1Cl. The fraction of sp³-hybridized carbons (Fsp3) is 0.471. The van der Waals surface area contributed by atoms with Crippen LogP contribution in [0.3, 0.4) is 0 Å². The molecule has 0 saturated heterocycles. The summed E-state index contributed by atoms with van der Waals surface area (Å²) in [7, 11) is -0.242. The van der Waals surface area contributed by atoms with Crippen molar-refractivity contribution < 1.29 is 9.53 Å². The minimum Gasteiger partial charge on any atom is -0.465 e. The zero-order valence-electron chi connectivity index (χ0n) is 14.1. The van der Waals surface area contributed by atoms with Crippen LogP contribution in [-0.2, 0) is 11.2 Å². The second-order valence-corrected chi connectivity index (χ2v) is 11.9. The Bertz CT molecular complexity index is 637. The molecule has 5 heteroatoms. The second-order valence-electron chi connectivity index (χ2n) is 6.78. The second kappa shape index (κ2) is 7.21. The zero-order chi connectivity index (χ0) is 17.1. The van der Waals surface area contributed by atoms with Crippen LogP contribution in [0.5, 0.6) is 0 Å². The van der Waals surface area contributed by atoms with E-state index in [1.165, 1.54) is 7.11 Å². The van der Waals surface area contributed by atoms with Gasteiger partial charge in [-0.2, -0.15) is 0 Å². The number of ether oxygens (including phenoxy) is 1. The lowest BCUT2D eigenvalue weighted by atomic mass is 9.96. The topological polar surface area (TPSA) is 52.3 Å². The molecule has 0 aliphatic heterocycles. The third kappa shape index (κ3) is 4.79. The van der Waals surface area contributed by atoms with Crippen LogP contribution < -0.4 is 5.73 Å². The molecule has 0 aromatic heterocycles. The maximum Gasteiger partial charge on any atom is 0.339 e. The first-order valence-electron chi connectivity index (χ1n) is 7.29. The van der Waals surface area contributed by atoms with Crippen molar-refractivity contribution >= 4 is 31.3 Å². The number of esters is 1. The molecule has 1 aromatic carbocycles. The van der Waals surface area contributed by atoms with Crippen molar-refractivity contribution in [2.24, 2.45) is 5.92 Å². The molecule has 0 saturated carbocycles. The number of nitrogen functional groups attached to an aromatic ring is 1. The van der Waals surface area contributed by atoms with Gasteiger partial charge in [0.15, 0.2) is 0 Å². The van der Waals surface area contributed by atoms with Gasteiger partial charge in [0.25, 0.3) is 0 Å². The van der Waals surface area contributed by atoms with Crippen molar-refractivity contribution in [2.75, 3.05) is 12.8 Å². The van der Waals surface area contributed by atoms with E-state index in [2.05, 4.69) is 45.0 Å². The van der Waals surface area contributed by atoms with E-state index in [1.807, 2.05) is 0 Å². The number of halogens is 1. The van der Waals surface area contributed by atoms with E-state index < -0.39 is 14.0 Å². The van der Waals surface area contributed by atoms with Crippen molar-refractivity contribution in [3.05, 3.63) is 27.8 Å². The molecule has 0 aliphatic rings. The molecular weight excluding hydrogens is 314 g/mol. The maximum absolute atomic E-state index is 11.9. The largest absolute Gasteiger partial charge is 0.465 e. The Morgan fingerprint density at radius 1 is 1.41 bits per heavy atom. The van der Waals surface area contributed by atoms with Gasteiger partial charge in [0.05, 0.1) is 28.9 Å². The van der Waals surface area contributed by atoms with Gasteiger partial charge >= 0.3 is 5.97 Å². The molecule has 2 N–H and O–H groups in total. The summed E-state index contributed by atoms with van der Waals surface area (Å²) >= 11 is 6.36. The number of benzene rings is 1. The van der Waals surface area contributed by atoms with Crippen molar-refractivity contribution in [3.8, 4) is 11.5 Å². The van der Waals surface area contributed by atoms with Crippen LogP contribution in [-0.4, -0.2) is 21.2 Å². The molecule has 0 spiro atoms. The Kier molecular flexibility index (Phi) is 6.10. The van der Waals surface area contributed by atoms with Crippen LogP contribution in [0.2, 0.25) is 24.7 Å². The summed E-state index contributed by atoms with van der Waals surface area (Å²) in [5.74, 6) is 3.04. The lowest BCUT2D eigenvalue weighted by Crippen LogP contribution is -2.16. The first kappa shape index (κ1) is 18.6. The molecule has 0 atom stereocenters. The lowest BCUT2D eigenvalue weighted by molar-refractivity contribution is 0.0601. The Hall–Kier alpha value is -1.44. The number of methoxy groups -OCH3 is 1. The summed E-state index contributed by atoms with van der Waals surface area (Å²) < 4.78 is 4.81. The van der Waals surface area contributed by atoms with Gasteiger partial charge in [0, 0.05) is 0 Å². The van der Waals surface area contributed by atoms with Crippen molar-refractivity contribution in [3.63, 3.8) is 0 Å². The maximum atomic E-state index is 11.9. The number of hydrogen-bond acceptors (Lipinski definition) is 3. The number of carbonyl (C=O) groups is 1. The monoisotopic (exact) mass is 337 g/mol. The van der Waals surface area contributed by atoms with Crippen LogP contribution in [0.4, 0.5) is 5.69 Å². The first-order valence-corrected chi connectivity index (χ1v) is 11.2. The summed E-state index contributed by atoms with van der Waals surface area (Å²) in [6, 6.07) is 1.73. The molecule has 0 unspecified atom stereocenters. The molecule has 3 nitrogen and oxygen atoms in total. The first-order chi connectivity index (χ1) is 10.1. The Morgan fingerprint density at radius 2 is 2.00 bits per heavy atom. The molecule has 0 radical (unpaired) electrons. The van der Waals surface area contributed by atoms with Gasteiger partial charge in [-0.1, -0.05) is 51.0 Å². The van der Waals surface area contributed by atoms with Gasteiger partial charge in [0.2, 0.25) is 0 Å². The van der Waals surface area contributed by atoms with E-state index in [0.717, 1.165) is 12.0 Å². The Balaban J connectivity index is 3.57. The van der Waals surface area contributed by atoms with Gasteiger partial charge in [-0.05, 0) is 24.0 Å². The summed E-state index contributed by atoms with van der Waals surface area (Å²) in [6.07, 6.45) is 0.759. The number of rotatable bonds is 3. The van der Waals surface area contributed by atoms with E-state index in [1.54, 1.807) is 6.07 Å². The minimum absolute atomic E-state index is 0.280. The summed E-state index contributed by atoms with van der Waals surface area (Å²) in [6.45, 7) is 10.6. The van der Waals surface area contributed by atoms with Crippen LogP contribution in [0.25, 0.3) is 0 Å². The van der Waals surface area contributed by atoms with Crippen LogP contribution >= 0.6 is 11.6 Å². The number of nitrogens with two attached hydrogens (primary N) is 1. The van der Waals surface area contributed by atoms with Gasteiger partial charge < -0.3 is 10.5 Å². The highest BCUT2D eigenvalue weighted by Gasteiger charge is 2.20. The van der Waals surface area contributed by atoms with Gasteiger partial charge in [-0.25, -0.2) is 4.79 Å². The highest BCUT2D eigenvalue weighted by atomic mass is 35.5. The average Bonchev–Trinajstić information content (AvgIpc) is 2.39. The molecule has 120 valence electrons. The number of hydrogen-bond donors (Lipinski definition) is 1. The van der Waals surface area contributed by atoms with Crippen molar-refractivity contribution in [1.29, 1.82) is 0 Å². The summed E-state index contributed by atoms with van der Waals surface area (Å²) in [5, 5.41) is 0.280. The molecule has 1 aromatic rings. The molecular formula is C17H24ClNO2Si. The normalized spacial score (nSPS) is 11.1. The van der Waals surface area contributed by atoms with Crippen molar-refractivity contribution in [1.82, 2.24) is 0 Å². The molecule has 0 fully saturated rings. The lowest BCUT2D eigenvalue weighted by Gasteiger charge is -2.15. The van der Waals surface area contributed by atoms with E-state index in [4.69, 9.17) is 22.1 Å². The van der Waals surface area contributed by atoms with E-state index in [0.29, 0.717) is 22.7 Å². The fourth-order valence-corrected chi connectivity index (χ4v) is 2.75. The van der Waals surface area contributed by atoms with Crippen LogP contribution in [0.15, 0.2) is 6.07 Å². The molecule has 0 bridgehead atoms. The quantitative estimate of drug-likeness (QED) is 0.390. The highest BCUT2D eigenvalue weighted by Crippen LogP contribution is 2.31. The third-order valence-corrected chi connectivity index (χ3v) is 4.25. The van der Waals surface area contributed by atoms with E-state index in [-0.39, 0.29) is 5.02 Å². The van der Waals surface area contributed by atoms with Crippen LogP contribution in [0.1, 0.15) is 35.3 Å². The minimum atomic E-state index is -1.58. The summed E-state index contributed by atoms with van der Waals surface area (Å²) in [4.78, 5) is 11.9. The number of carbonyl (C=O) groups excluding carboxylic acids is 1. The Morgan fingerprint density at radius 3 is 2.45 bits per heavy atom. The standard InChI is InChI=1S/C17H24ClNO2Si/c1-11(2)9-12-10-14(17(20)21-3)15(18)13(16(12)19)7-8-22(4,5)6/h10-11H,9,19H2,1-6H3. The smallest absolute Gasteiger partial charge is 0.339 e. The van der Waals surface area contributed by atoms with E-state index >= 15 is 0 Å². The molecule has 22 heavy (non-hydrogen) atoms. The predicted octanol–water partition coefficient (Wildman–Crippen LogP) is 4.14. The summed E-state index contributed by atoms with van der Waals surface area (Å²) in [5.41, 5.74) is 11.8. The van der Waals surface area contributed by atoms with Gasteiger partial charge in [0.1, 0.15) is 8.07 Å². The molecule has 1 rings (SSSR count). The van der Waals surface area contributed by atoms with Gasteiger partial charge in [-0.15, -0.1) is 5.54 Å². The molecule has 0 heterocycles. The number of anilines is 1.